The highest BCUT2D eigenvalue weighted by Crippen LogP contribution is 2.28. The van der Waals surface area contributed by atoms with Crippen LogP contribution in [0.3, 0.4) is 0 Å². The van der Waals surface area contributed by atoms with Crippen LogP contribution in [-0.2, 0) is 6.54 Å². The van der Waals surface area contributed by atoms with Crippen LogP contribution in [0, 0.1) is 0 Å². The highest BCUT2D eigenvalue weighted by molar-refractivity contribution is 6.09. The Balaban J connectivity index is 2.42. The first-order valence-electron chi connectivity index (χ1n) is 5.66. The molecular formula is C14H12N2O2. The molecule has 0 spiro atoms. The zero-order valence-corrected chi connectivity index (χ0v) is 9.68. The van der Waals surface area contributed by atoms with Gasteiger partial charge in [-0.25, -0.2) is 4.79 Å². The summed E-state index contributed by atoms with van der Waals surface area (Å²) >= 11 is 0. The molecule has 0 aliphatic carbocycles. The predicted molar refractivity (Wildman–Crippen MR) is 71.0 cm³/mol. The number of benzene rings is 1. The summed E-state index contributed by atoms with van der Waals surface area (Å²) < 4.78 is 1.73. The van der Waals surface area contributed by atoms with E-state index in [0.717, 1.165) is 21.9 Å². The molecule has 2 aromatic heterocycles. The highest BCUT2D eigenvalue weighted by Gasteiger charge is 2.16. The molecule has 0 atom stereocenters. The Hall–Kier alpha value is -2.49. The lowest BCUT2D eigenvalue weighted by atomic mass is 10.2. The first-order chi connectivity index (χ1) is 8.72. The second-order valence-electron chi connectivity index (χ2n) is 4.17. The Kier molecular flexibility index (Phi) is 2.23. The molecule has 18 heavy (non-hydrogen) atoms. The van der Waals surface area contributed by atoms with Gasteiger partial charge in [-0.3, -0.25) is 0 Å². The standard InChI is InChI=1S/C14H12N2O2/c1-2-7-16-12(14(17)18)8-10-9-5-3-4-6-11(9)15-13(10)16/h2-6,8,15H,1,7H2,(H,17,18). The van der Waals surface area contributed by atoms with Crippen LogP contribution in [-0.4, -0.2) is 20.6 Å². The van der Waals surface area contributed by atoms with Gasteiger partial charge in [-0.05, 0) is 12.1 Å². The molecule has 2 heterocycles. The first kappa shape index (κ1) is 10.7. The number of fused-ring (bicyclic) bond motifs is 3. The number of aromatic carboxylic acids is 1. The topological polar surface area (TPSA) is 58.0 Å². The van der Waals surface area contributed by atoms with E-state index in [-0.39, 0.29) is 5.69 Å². The van der Waals surface area contributed by atoms with Crippen molar-refractivity contribution in [3.63, 3.8) is 0 Å². The number of carboxylic acid groups (broad SMARTS) is 1. The minimum Gasteiger partial charge on any atom is -0.477 e. The fourth-order valence-corrected chi connectivity index (χ4v) is 2.34. The minimum absolute atomic E-state index is 0.280. The highest BCUT2D eigenvalue weighted by atomic mass is 16.4. The Morgan fingerprint density at radius 2 is 2.17 bits per heavy atom. The number of hydrogen-bond donors (Lipinski definition) is 2. The van der Waals surface area contributed by atoms with Crippen molar-refractivity contribution in [2.75, 3.05) is 0 Å². The zero-order chi connectivity index (χ0) is 12.7. The minimum atomic E-state index is -0.925. The van der Waals surface area contributed by atoms with Crippen LogP contribution in [0.15, 0.2) is 43.0 Å². The number of carbonyl (C=O) groups is 1. The van der Waals surface area contributed by atoms with E-state index < -0.39 is 5.97 Å². The Labute approximate surface area is 103 Å². The molecule has 0 radical (unpaired) electrons. The molecule has 0 unspecified atom stereocenters. The molecule has 0 amide bonds. The van der Waals surface area contributed by atoms with Gasteiger partial charge in [0.1, 0.15) is 11.3 Å². The number of nitrogens with zero attached hydrogens (tertiary/aromatic N) is 1. The van der Waals surface area contributed by atoms with Crippen LogP contribution in [0.1, 0.15) is 10.5 Å². The van der Waals surface area contributed by atoms with Gasteiger partial charge < -0.3 is 14.7 Å². The van der Waals surface area contributed by atoms with Crippen LogP contribution in [0.4, 0.5) is 0 Å². The second-order valence-corrected chi connectivity index (χ2v) is 4.17. The number of rotatable bonds is 3. The van der Waals surface area contributed by atoms with Crippen molar-refractivity contribution < 1.29 is 9.90 Å². The van der Waals surface area contributed by atoms with Crippen LogP contribution in [0.5, 0.6) is 0 Å². The largest absolute Gasteiger partial charge is 0.477 e. The van der Waals surface area contributed by atoms with Gasteiger partial charge in [0, 0.05) is 22.8 Å². The number of hydrogen-bond acceptors (Lipinski definition) is 1. The number of para-hydroxylation sites is 1. The summed E-state index contributed by atoms with van der Waals surface area (Å²) in [5, 5.41) is 11.2. The summed E-state index contributed by atoms with van der Waals surface area (Å²) in [5.41, 5.74) is 2.12. The van der Waals surface area contributed by atoms with Gasteiger partial charge in [-0.15, -0.1) is 6.58 Å². The van der Waals surface area contributed by atoms with Crippen molar-refractivity contribution in [2.24, 2.45) is 0 Å². The molecular weight excluding hydrogens is 228 g/mol. The van der Waals surface area contributed by atoms with Gasteiger partial charge in [-0.1, -0.05) is 24.3 Å². The zero-order valence-electron chi connectivity index (χ0n) is 9.68. The van der Waals surface area contributed by atoms with Gasteiger partial charge in [0.15, 0.2) is 0 Å². The second kappa shape index (κ2) is 3.77. The molecule has 0 aliphatic heterocycles. The number of H-pyrrole nitrogens is 1. The summed E-state index contributed by atoms with van der Waals surface area (Å²) in [6.07, 6.45) is 1.69. The Morgan fingerprint density at radius 3 is 2.89 bits per heavy atom. The summed E-state index contributed by atoms with van der Waals surface area (Å²) in [5.74, 6) is -0.925. The summed E-state index contributed by atoms with van der Waals surface area (Å²) in [4.78, 5) is 14.5. The molecule has 4 nitrogen and oxygen atoms in total. The van der Waals surface area contributed by atoms with Gasteiger partial charge in [0.2, 0.25) is 0 Å². The van der Waals surface area contributed by atoms with Crippen LogP contribution >= 0.6 is 0 Å². The number of carboxylic acids is 1. The molecule has 4 heteroatoms. The van der Waals surface area contributed by atoms with Crippen molar-refractivity contribution >= 4 is 27.9 Å². The fourth-order valence-electron chi connectivity index (χ4n) is 2.34. The molecule has 1 aromatic carbocycles. The molecule has 3 rings (SSSR count). The molecule has 2 N–H and O–H groups in total. The molecule has 0 saturated heterocycles. The lowest BCUT2D eigenvalue weighted by Crippen LogP contribution is -2.07. The number of nitrogens with one attached hydrogen (secondary N) is 1. The average molecular weight is 240 g/mol. The molecule has 0 bridgehead atoms. The first-order valence-corrected chi connectivity index (χ1v) is 5.66. The Bertz CT molecular complexity index is 765. The van der Waals surface area contributed by atoms with Gasteiger partial charge in [0.25, 0.3) is 0 Å². The maximum atomic E-state index is 11.2. The van der Waals surface area contributed by atoms with E-state index in [1.54, 1.807) is 16.7 Å². The van der Waals surface area contributed by atoms with Crippen molar-refractivity contribution in [3.8, 4) is 0 Å². The van der Waals surface area contributed by atoms with Gasteiger partial charge >= 0.3 is 5.97 Å². The Morgan fingerprint density at radius 1 is 1.39 bits per heavy atom. The average Bonchev–Trinajstić information content (AvgIpc) is 2.87. The van der Waals surface area contributed by atoms with E-state index in [4.69, 9.17) is 0 Å². The SMILES string of the molecule is C=CCn1c(C(=O)O)cc2c3ccccc3[nH]c21. The lowest BCUT2D eigenvalue weighted by Gasteiger charge is -2.02. The van der Waals surface area contributed by atoms with E-state index in [9.17, 15) is 9.90 Å². The molecule has 0 saturated carbocycles. The molecule has 0 fully saturated rings. The molecule has 90 valence electrons. The number of aromatic nitrogens is 2. The monoisotopic (exact) mass is 240 g/mol. The predicted octanol–water partition coefficient (Wildman–Crippen LogP) is 3.01. The number of aromatic amines is 1. The number of allylic oxidation sites excluding steroid dienone is 1. The fraction of sp³-hybridized carbons (Fsp3) is 0.0714. The van der Waals surface area contributed by atoms with Crippen molar-refractivity contribution in [2.45, 2.75) is 6.54 Å². The maximum absolute atomic E-state index is 11.2. The summed E-state index contributed by atoms with van der Waals surface area (Å²) in [7, 11) is 0. The smallest absolute Gasteiger partial charge is 0.352 e. The van der Waals surface area contributed by atoms with E-state index in [1.165, 1.54) is 0 Å². The quantitative estimate of drug-likeness (QED) is 0.691. The third kappa shape index (κ3) is 1.35. The van der Waals surface area contributed by atoms with E-state index in [0.29, 0.717) is 6.54 Å². The van der Waals surface area contributed by atoms with E-state index in [1.807, 2.05) is 24.3 Å². The normalized spacial score (nSPS) is 11.1. The summed E-state index contributed by atoms with van der Waals surface area (Å²) in [6.45, 7) is 4.14. The third-order valence-electron chi connectivity index (χ3n) is 3.10. The molecule has 3 aromatic rings. The van der Waals surface area contributed by atoms with Crippen molar-refractivity contribution in [3.05, 3.63) is 48.7 Å². The van der Waals surface area contributed by atoms with Crippen LogP contribution < -0.4 is 0 Å². The summed E-state index contributed by atoms with van der Waals surface area (Å²) in [6, 6.07) is 9.57. The third-order valence-corrected chi connectivity index (χ3v) is 3.10. The lowest BCUT2D eigenvalue weighted by molar-refractivity contribution is 0.0686. The van der Waals surface area contributed by atoms with Crippen LogP contribution in [0.2, 0.25) is 0 Å². The van der Waals surface area contributed by atoms with Crippen molar-refractivity contribution in [1.82, 2.24) is 9.55 Å². The molecule has 0 aliphatic rings. The van der Waals surface area contributed by atoms with E-state index in [2.05, 4.69) is 11.6 Å². The van der Waals surface area contributed by atoms with Crippen LogP contribution in [0.25, 0.3) is 21.9 Å². The maximum Gasteiger partial charge on any atom is 0.352 e. The van der Waals surface area contributed by atoms with Gasteiger partial charge in [0.05, 0.1) is 0 Å². The van der Waals surface area contributed by atoms with Gasteiger partial charge in [-0.2, -0.15) is 0 Å². The van der Waals surface area contributed by atoms with Crippen molar-refractivity contribution in [1.29, 1.82) is 0 Å². The van der Waals surface area contributed by atoms with E-state index >= 15 is 0 Å².